The highest BCUT2D eigenvalue weighted by atomic mass is 16.5. The smallest absolute Gasteiger partial charge is 0.303 e. The Labute approximate surface area is 114 Å². The number of carbonyl (C=O) groups excluding carboxylic acids is 1. The Bertz CT molecular complexity index is 306. The fourth-order valence-corrected chi connectivity index (χ4v) is 2.61. The maximum absolute atomic E-state index is 12.0. The van der Waals surface area contributed by atoms with Crippen molar-refractivity contribution in [3.8, 4) is 0 Å². The van der Waals surface area contributed by atoms with Crippen molar-refractivity contribution in [2.75, 3.05) is 26.3 Å². The van der Waals surface area contributed by atoms with E-state index < -0.39 is 5.97 Å². The third-order valence-electron chi connectivity index (χ3n) is 3.78. The number of carboxylic acids is 1. The lowest BCUT2D eigenvalue weighted by molar-refractivity contribution is -0.138. The molecule has 0 spiro atoms. The maximum Gasteiger partial charge on any atom is 0.303 e. The van der Waals surface area contributed by atoms with Crippen LogP contribution in [0, 0.1) is 11.8 Å². The van der Waals surface area contributed by atoms with Gasteiger partial charge in [-0.3, -0.25) is 9.59 Å². The van der Waals surface area contributed by atoms with E-state index >= 15 is 0 Å². The molecule has 1 rings (SSSR count). The van der Waals surface area contributed by atoms with Gasteiger partial charge in [0.15, 0.2) is 0 Å². The molecule has 0 saturated carbocycles. The molecule has 5 nitrogen and oxygen atoms in total. The molecule has 5 heteroatoms. The van der Waals surface area contributed by atoms with E-state index in [2.05, 4.69) is 0 Å². The number of aliphatic carboxylic acids is 1. The van der Waals surface area contributed by atoms with Gasteiger partial charge < -0.3 is 14.7 Å². The van der Waals surface area contributed by atoms with Crippen LogP contribution in [0.25, 0.3) is 0 Å². The van der Waals surface area contributed by atoms with Gasteiger partial charge in [-0.2, -0.15) is 0 Å². The van der Waals surface area contributed by atoms with Gasteiger partial charge in [-0.05, 0) is 31.6 Å². The molecule has 1 fully saturated rings. The number of amides is 1. The average molecular weight is 271 g/mol. The van der Waals surface area contributed by atoms with Gasteiger partial charge in [0, 0.05) is 26.1 Å². The minimum atomic E-state index is -0.757. The maximum atomic E-state index is 12.0. The summed E-state index contributed by atoms with van der Waals surface area (Å²) in [6, 6.07) is 0. The SMILES string of the molecule is CCOCCC(=O)N1CCCC(C(C)CC(=O)O)C1. The lowest BCUT2D eigenvalue weighted by atomic mass is 9.84. The lowest BCUT2D eigenvalue weighted by Crippen LogP contribution is -2.42. The van der Waals surface area contributed by atoms with Crippen molar-refractivity contribution in [1.29, 1.82) is 0 Å². The topological polar surface area (TPSA) is 66.8 Å². The monoisotopic (exact) mass is 271 g/mol. The molecule has 110 valence electrons. The van der Waals surface area contributed by atoms with Crippen molar-refractivity contribution >= 4 is 11.9 Å². The molecule has 2 unspecified atom stereocenters. The molecule has 19 heavy (non-hydrogen) atoms. The Morgan fingerprint density at radius 3 is 2.84 bits per heavy atom. The summed E-state index contributed by atoms with van der Waals surface area (Å²) in [5.74, 6) is -0.200. The van der Waals surface area contributed by atoms with E-state index in [1.807, 2.05) is 18.7 Å². The second kappa shape index (κ2) is 8.15. The van der Waals surface area contributed by atoms with E-state index in [1.54, 1.807) is 0 Å². The first kappa shape index (κ1) is 16.0. The van der Waals surface area contributed by atoms with Crippen LogP contribution in [0.1, 0.15) is 39.5 Å². The Morgan fingerprint density at radius 2 is 2.21 bits per heavy atom. The normalized spacial score (nSPS) is 21.2. The molecule has 0 aliphatic carbocycles. The summed E-state index contributed by atoms with van der Waals surface area (Å²) in [7, 11) is 0. The Balaban J connectivity index is 2.40. The van der Waals surface area contributed by atoms with E-state index in [0.717, 1.165) is 19.4 Å². The molecule has 1 aliphatic heterocycles. The first-order valence-electron chi connectivity index (χ1n) is 7.11. The molecule has 1 heterocycles. The number of hydrogen-bond acceptors (Lipinski definition) is 3. The predicted octanol–water partition coefficient (Wildman–Crippen LogP) is 1.76. The van der Waals surface area contributed by atoms with E-state index in [0.29, 0.717) is 32.1 Å². The van der Waals surface area contributed by atoms with Gasteiger partial charge in [-0.1, -0.05) is 6.92 Å². The highest BCUT2D eigenvalue weighted by molar-refractivity contribution is 5.76. The third-order valence-corrected chi connectivity index (χ3v) is 3.78. The molecule has 1 amide bonds. The van der Waals surface area contributed by atoms with E-state index in [4.69, 9.17) is 9.84 Å². The Hall–Kier alpha value is -1.10. The van der Waals surface area contributed by atoms with Crippen LogP contribution < -0.4 is 0 Å². The van der Waals surface area contributed by atoms with Gasteiger partial charge in [0.25, 0.3) is 0 Å². The molecular weight excluding hydrogens is 246 g/mol. The largest absolute Gasteiger partial charge is 0.481 e. The van der Waals surface area contributed by atoms with E-state index in [1.165, 1.54) is 0 Å². The third kappa shape index (κ3) is 5.59. The van der Waals surface area contributed by atoms with Gasteiger partial charge >= 0.3 is 5.97 Å². The number of likely N-dealkylation sites (tertiary alicyclic amines) is 1. The van der Waals surface area contributed by atoms with Crippen LogP contribution in [0.2, 0.25) is 0 Å². The van der Waals surface area contributed by atoms with Crippen molar-refractivity contribution in [3.63, 3.8) is 0 Å². The van der Waals surface area contributed by atoms with Crippen LogP contribution in [-0.4, -0.2) is 48.2 Å². The van der Waals surface area contributed by atoms with Crippen LogP contribution in [0.15, 0.2) is 0 Å². The van der Waals surface area contributed by atoms with Crippen LogP contribution in [-0.2, 0) is 14.3 Å². The summed E-state index contributed by atoms with van der Waals surface area (Å²) in [5, 5.41) is 8.84. The molecule has 0 radical (unpaired) electrons. The molecule has 2 atom stereocenters. The first-order valence-corrected chi connectivity index (χ1v) is 7.11. The summed E-state index contributed by atoms with van der Waals surface area (Å²) in [5.41, 5.74) is 0. The number of piperidine rings is 1. The minimum absolute atomic E-state index is 0.125. The standard InChI is InChI=1S/C14H25NO4/c1-3-19-8-6-13(16)15-7-4-5-12(10-15)11(2)9-14(17)18/h11-12H,3-10H2,1-2H3,(H,17,18). The van der Waals surface area contributed by atoms with Crippen molar-refractivity contribution < 1.29 is 19.4 Å². The van der Waals surface area contributed by atoms with Crippen molar-refractivity contribution in [3.05, 3.63) is 0 Å². The van der Waals surface area contributed by atoms with Crippen LogP contribution in [0.5, 0.6) is 0 Å². The minimum Gasteiger partial charge on any atom is -0.481 e. The summed E-state index contributed by atoms with van der Waals surface area (Å²) in [6.45, 7) is 6.47. The summed E-state index contributed by atoms with van der Waals surface area (Å²) >= 11 is 0. The number of carboxylic acid groups (broad SMARTS) is 1. The van der Waals surface area contributed by atoms with Crippen molar-refractivity contribution in [2.45, 2.75) is 39.5 Å². The highest BCUT2D eigenvalue weighted by Gasteiger charge is 2.28. The molecule has 0 aromatic rings. The quantitative estimate of drug-likeness (QED) is 0.716. The van der Waals surface area contributed by atoms with Crippen molar-refractivity contribution in [2.24, 2.45) is 11.8 Å². The molecule has 1 N–H and O–H groups in total. The molecule has 0 bridgehead atoms. The molecule has 0 aromatic carbocycles. The molecular formula is C14H25NO4. The van der Waals surface area contributed by atoms with Gasteiger partial charge in [0.05, 0.1) is 13.0 Å². The number of rotatable bonds is 7. The lowest BCUT2D eigenvalue weighted by Gasteiger charge is -2.35. The van der Waals surface area contributed by atoms with Crippen LogP contribution in [0.3, 0.4) is 0 Å². The Morgan fingerprint density at radius 1 is 1.47 bits per heavy atom. The number of nitrogens with zero attached hydrogens (tertiary/aromatic N) is 1. The first-order chi connectivity index (χ1) is 9.04. The zero-order valence-corrected chi connectivity index (χ0v) is 11.9. The molecule has 0 aromatic heterocycles. The number of hydrogen-bond donors (Lipinski definition) is 1. The molecule has 1 saturated heterocycles. The zero-order chi connectivity index (χ0) is 14.3. The van der Waals surface area contributed by atoms with Crippen molar-refractivity contribution in [1.82, 2.24) is 4.90 Å². The zero-order valence-electron chi connectivity index (χ0n) is 11.9. The Kier molecular flexibility index (Phi) is 6.84. The summed E-state index contributed by atoms with van der Waals surface area (Å²) < 4.78 is 5.20. The second-order valence-electron chi connectivity index (χ2n) is 5.26. The van der Waals surface area contributed by atoms with Gasteiger partial charge in [-0.25, -0.2) is 0 Å². The fraction of sp³-hybridized carbons (Fsp3) is 0.857. The molecule has 1 aliphatic rings. The second-order valence-corrected chi connectivity index (χ2v) is 5.26. The van der Waals surface area contributed by atoms with Crippen LogP contribution in [0.4, 0.5) is 0 Å². The van der Waals surface area contributed by atoms with Crippen LogP contribution >= 0.6 is 0 Å². The number of ether oxygens (including phenoxy) is 1. The summed E-state index contributed by atoms with van der Waals surface area (Å²) in [6.07, 6.45) is 2.60. The predicted molar refractivity (Wildman–Crippen MR) is 71.8 cm³/mol. The van der Waals surface area contributed by atoms with E-state index in [9.17, 15) is 9.59 Å². The average Bonchev–Trinajstić information content (AvgIpc) is 2.38. The number of carbonyl (C=O) groups is 2. The van der Waals surface area contributed by atoms with E-state index in [-0.39, 0.29) is 18.2 Å². The van der Waals surface area contributed by atoms with Gasteiger partial charge in [0.1, 0.15) is 0 Å². The highest BCUT2D eigenvalue weighted by Crippen LogP contribution is 2.26. The van der Waals surface area contributed by atoms with Gasteiger partial charge in [-0.15, -0.1) is 0 Å². The summed E-state index contributed by atoms with van der Waals surface area (Å²) in [4.78, 5) is 24.6. The fourth-order valence-electron chi connectivity index (χ4n) is 2.61. The van der Waals surface area contributed by atoms with Gasteiger partial charge in [0.2, 0.25) is 5.91 Å².